The number of rotatable bonds is 5. The van der Waals surface area contributed by atoms with Gasteiger partial charge < -0.3 is 14.9 Å². The highest BCUT2D eigenvalue weighted by Gasteiger charge is 2.18. The van der Waals surface area contributed by atoms with Gasteiger partial charge in [-0.25, -0.2) is 0 Å². The number of benzene rings is 1. The molecule has 16 heavy (non-hydrogen) atoms. The number of methoxy groups -OCH3 is 1. The predicted molar refractivity (Wildman–Crippen MR) is 67.2 cm³/mol. The normalized spacial score (nSPS) is 14.6. The van der Waals surface area contributed by atoms with Gasteiger partial charge in [-0.1, -0.05) is 12.1 Å². The second-order valence-corrected chi connectivity index (χ2v) is 4.20. The molecule has 0 heterocycles. The zero-order valence-corrected chi connectivity index (χ0v) is 10.4. The standard InChI is InChI=1S/C12H18O3S/c1-8-3-4-9(7-11(8)15-2)12(14)10(13)5-6-16/h3-4,7,10,12-14,16H,5-6H2,1-2H3. The first kappa shape index (κ1) is 13.4. The van der Waals surface area contributed by atoms with Crippen molar-refractivity contribution in [2.45, 2.75) is 25.6 Å². The summed E-state index contributed by atoms with van der Waals surface area (Å²) < 4.78 is 5.17. The van der Waals surface area contributed by atoms with Crippen LogP contribution in [0.25, 0.3) is 0 Å². The average Bonchev–Trinajstić information content (AvgIpc) is 2.29. The van der Waals surface area contributed by atoms with Gasteiger partial charge in [0.1, 0.15) is 11.9 Å². The van der Waals surface area contributed by atoms with Crippen molar-refractivity contribution < 1.29 is 14.9 Å². The summed E-state index contributed by atoms with van der Waals surface area (Å²) in [7, 11) is 1.59. The maximum atomic E-state index is 9.89. The molecule has 90 valence electrons. The van der Waals surface area contributed by atoms with Crippen LogP contribution in [0.5, 0.6) is 5.75 Å². The number of aliphatic hydroxyl groups excluding tert-OH is 2. The van der Waals surface area contributed by atoms with Crippen LogP contribution in [0.1, 0.15) is 23.7 Å². The molecule has 2 atom stereocenters. The Kier molecular flexibility index (Phi) is 5.12. The summed E-state index contributed by atoms with van der Waals surface area (Å²) in [6.07, 6.45) is -1.22. The van der Waals surface area contributed by atoms with Crippen molar-refractivity contribution >= 4 is 12.6 Å². The summed E-state index contributed by atoms with van der Waals surface area (Å²) in [5.41, 5.74) is 1.67. The van der Waals surface area contributed by atoms with Crippen LogP contribution in [0.2, 0.25) is 0 Å². The third-order valence-corrected chi connectivity index (χ3v) is 2.82. The van der Waals surface area contributed by atoms with E-state index in [1.54, 1.807) is 19.2 Å². The number of ether oxygens (including phenoxy) is 1. The molecule has 0 aliphatic heterocycles. The zero-order chi connectivity index (χ0) is 12.1. The number of thiol groups is 1. The molecule has 0 saturated carbocycles. The topological polar surface area (TPSA) is 49.7 Å². The highest BCUT2D eigenvalue weighted by Crippen LogP contribution is 2.25. The fraction of sp³-hybridized carbons (Fsp3) is 0.500. The van der Waals surface area contributed by atoms with Gasteiger partial charge in [0.15, 0.2) is 0 Å². The van der Waals surface area contributed by atoms with Gasteiger partial charge in [0.05, 0.1) is 13.2 Å². The van der Waals surface area contributed by atoms with Gasteiger partial charge in [-0.05, 0) is 36.3 Å². The van der Waals surface area contributed by atoms with Crippen LogP contribution in [-0.2, 0) is 0 Å². The SMILES string of the molecule is COc1cc(C(O)C(O)CCS)ccc1C. The van der Waals surface area contributed by atoms with Crippen molar-refractivity contribution in [1.82, 2.24) is 0 Å². The lowest BCUT2D eigenvalue weighted by atomic mass is 10.0. The van der Waals surface area contributed by atoms with Crippen LogP contribution in [-0.4, -0.2) is 29.2 Å². The Morgan fingerprint density at radius 2 is 2.06 bits per heavy atom. The average molecular weight is 242 g/mol. The van der Waals surface area contributed by atoms with Crippen molar-refractivity contribution in [2.24, 2.45) is 0 Å². The smallest absolute Gasteiger partial charge is 0.122 e. The van der Waals surface area contributed by atoms with Crippen LogP contribution in [0.15, 0.2) is 18.2 Å². The molecule has 0 bridgehead atoms. The number of aryl methyl sites for hydroxylation is 1. The van der Waals surface area contributed by atoms with E-state index in [1.165, 1.54) is 0 Å². The highest BCUT2D eigenvalue weighted by molar-refractivity contribution is 7.80. The molecule has 0 aliphatic rings. The third kappa shape index (κ3) is 3.14. The molecule has 1 rings (SSSR count). The van der Waals surface area contributed by atoms with Crippen molar-refractivity contribution in [3.05, 3.63) is 29.3 Å². The minimum Gasteiger partial charge on any atom is -0.496 e. The van der Waals surface area contributed by atoms with Crippen LogP contribution >= 0.6 is 12.6 Å². The van der Waals surface area contributed by atoms with E-state index < -0.39 is 12.2 Å². The van der Waals surface area contributed by atoms with Crippen molar-refractivity contribution in [2.75, 3.05) is 12.9 Å². The number of hydrogen-bond acceptors (Lipinski definition) is 4. The lowest BCUT2D eigenvalue weighted by Gasteiger charge is -2.18. The van der Waals surface area contributed by atoms with Crippen LogP contribution in [0.3, 0.4) is 0 Å². The van der Waals surface area contributed by atoms with Crippen LogP contribution in [0, 0.1) is 6.92 Å². The summed E-state index contributed by atoms with van der Waals surface area (Å²) in [4.78, 5) is 0. The van der Waals surface area contributed by atoms with Gasteiger partial charge in [-0.2, -0.15) is 12.6 Å². The van der Waals surface area contributed by atoms with Gasteiger partial charge in [0, 0.05) is 0 Å². The minimum atomic E-state index is -0.887. The van der Waals surface area contributed by atoms with E-state index in [9.17, 15) is 10.2 Å². The van der Waals surface area contributed by atoms with E-state index in [4.69, 9.17) is 4.74 Å². The lowest BCUT2D eigenvalue weighted by molar-refractivity contribution is 0.0171. The molecule has 0 fully saturated rings. The van der Waals surface area contributed by atoms with E-state index in [0.717, 1.165) is 11.3 Å². The lowest BCUT2D eigenvalue weighted by Crippen LogP contribution is -2.18. The van der Waals surface area contributed by atoms with Gasteiger partial charge in [-0.15, -0.1) is 0 Å². The van der Waals surface area contributed by atoms with Crippen molar-refractivity contribution in [3.63, 3.8) is 0 Å². The molecule has 0 spiro atoms. The van der Waals surface area contributed by atoms with Gasteiger partial charge in [0.25, 0.3) is 0 Å². The summed E-state index contributed by atoms with van der Waals surface area (Å²) in [6.45, 7) is 1.93. The van der Waals surface area contributed by atoms with E-state index >= 15 is 0 Å². The first-order valence-electron chi connectivity index (χ1n) is 5.21. The molecule has 0 saturated heterocycles. The molecular weight excluding hydrogens is 224 g/mol. The first-order valence-corrected chi connectivity index (χ1v) is 5.85. The Hall–Kier alpha value is -0.710. The number of hydrogen-bond donors (Lipinski definition) is 3. The largest absolute Gasteiger partial charge is 0.496 e. The van der Waals surface area contributed by atoms with Crippen LogP contribution in [0.4, 0.5) is 0 Å². The first-order chi connectivity index (χ1) is 7.60. The Labute approximate surface area is 101 Å². The minimum absolute atomic E-state index is 0.459. The summed E-state index contributed by atoms with van der Waals surface area (Å²) in [5.74, 6) is 1.26. The monoisotopic (exact) mass is 242 g/mol. The Morgan fingerprint density at radius 1 is 1.38 bits per heavy atom. The summed E-state index contributed by atoms with van der Waals surface area (Å²) in [6, 6.07) is 5.41. The molecular formula is C12H18O3S. The second-order valence-electron chi connectivity index (χ2n) is 3.75. The predicted octanol–water partition coefficient (Wildman–Crippen LogP) is 1.72. The van der Waals surface area contributed by atoms with E-state index in [0.29, 0.717) is 17.7 Å². The molecule has 0 radical (unpaired) electrons. The fourth-order valence-electron chi connectivity index (χ4n) is 1.53. The molecule has 2 N–H and O–H groups in total. The van der Waals surface area contributed by atoms with Crippen molar-refractivity contribution in [3.8, 4) is 5.75 Å². The van der Waals surface area contributed by atoms with Crippen LogP contribution < -0.4 is 4.74 Å². The molecule has 2 unspecified atom stereocenters. The van der Waals surface area contributed by atoms with Gasteiger partial charge in [-0.3, -0.25) is 0 Å². The molecule has 0 amide bonds. The maximum absolute atomic E-state index is 9.89. The zero-order valence-electron chi connectivity index (χ0n) is 9.55. The molecule has 1 aromatic rings. The fourth-order valence-corrected chi connectivity index (χ4v) is 1.80. The van der Waals surface area contributed by atoms with E-state index in [-0.39, 0.29) is 0 Å². The molecule has 0 aromatic heterocycles. The highest BCUT2D eigenvalue weighted by atomic mass is 32.1. The second kappa shape index (κ2) is 6.13. The van der Waals surface area contributed by atoms with Gasteiger partial charge >= 0.3 is 0 Å². The molecule has 1 aromatic carbocycles. The molecule has 4 heteroatoms. The summed E-state index contributed by atoms with van der Waals surface area (Å²) in [5, 5.41) is 19.6. The molecule has 0 aliphatic carbocycles. The van der Waals surface area contributed by atoms with Crippen molar-refractivity contribution in [1.29, 1.82) is 0 Å². The van der Waals surface area contributed by atoms with Gasteiger partial charge in [0.2, 0.25) is 0 Å². The third-order valence-electron chi connectivity index (χ3n) is 2.56. The van der Waals surface area contributed by atoms with E-state index in [2.05, 4.69) is 12.6 Å². The van der Waals surface area contributed by atoms with E-state index in [1.807, 2.05) is 13.0 Å². The maximum Gasteiger partial charge on any atom is 0.122 e. The Morgan fingerprint density at radius 3 is 2.62 bits per heavy atom. The molecule has 3 nitrogen and oxygen atoms in total. The quantitative estimate of drug-likeness (QED) is 0.689. The Bertz CT molecular complexity index is 341. The Balaban J connectivity index is 2.87. The summed E-state index contributed by atoms with van der Waals surface area (Å²) >= 11 is 4.03. The number of aliphatic hydroxyl groups is 2.